The molecule has 0 radical (unpaired) electrons. The first-order valence-corrected chi connectivity index (χ1v) is 8.46. The van der Waals surface area contributed by atoms with E-state index in [1.54, 1.807) is 0 Å². The molecule has 3 rings (SSSR count). The molecule has 0 bridgehead atoms. The first-order valence-electron chi connectivity index (χ1n) is 8.46. The molecule has 2 fully saturated rings. The first kappa shape index (κ1) is 18.7. The number of rotatable bonds is 5. The van der Waals surface area contributed by atoms with E-state index in [1.165, 1.54) is 0 Å². The summed E-state index contributed by atoms with van der Waals surface area (Å²) in [6.45, 7) is 3.50. The van der Waals surface area contributed by atoms with Crippen LogP contribution in [0.1, 0.15) is 31.7 Å². The fourth-order valence-electron chi connectivity index (χ4n) is 3.23. The molecule has 2 unspecified atom stereocenters. The maximum absolute atomic E-state index is 12.5. The van der Waals surface area contributed by atoms with Crippen LogP contribution in [0.5, 0.6) is 0 Å². The smallest absolute Gasteiger partial charge is 0.227 e. The highest BCUT2D eigenvalue weighted by molar-refractivity contribution is 5.94. The van der Waals surface area contributed by atoms with Crippen molar-refractivity contribution in [2.24, 2.45) is 17.6 Å². The van der Waals surface area contributed by atoms with Crippen molar-refractivity contribution < 1.29 is 9.59 Å². The van der Waals surface area contributed by atoms with Crippen LogP contribution in [0.15, 0.2) is 24.3 Å². The van der Waals surface area contributed by atoms with Gasteiger partial charge in [-0.05, 0) is 56.3 Å². The summed E-state index contributed by atoms with van der Waals surface area (Å²) in [6, 6.07) is 7.86. The van der Waals surface area contributed by atoms with Gasteiger partial charge < -0.3 is 16.0 Å². The Hall–Kier alpha value is -1.59. The molecule has 0 spiro atoms. The lowest BCUT2D eigenvalue weighted by Crippen LogP contribution is -2.35. The Morgan fingerprint density at radius 1 is 1.25 bits per heavy atom. The van der Waals surface area contributed by atoms with Gasteiger partial charge in [0.1, 0.15) is 0 Å². The van der Waals surface area contributed by atoms with E-state index in [1.807, 2.05) is 29.2 Å². The van der Waals surface area contributed by atoms with Crippen LogP contribution in [0.3, 0.4) is 0 Å². The molecule has 2 aliphatic rings. The Kier molecular flexibility index (Phi) is 6.24. The minimum atomic E-state index is 0. The summed E-state index contributed by atoms with van der Waals surface area (Å²) in [5, 5.41) is 2.91. The summed E-state index contributed by atoms with van der Waals surface area (Å²) >= 11 is 0. The van der Waals surface area contributed by atoms with Gasteiger partial charge in [-0.2, -0.15) is 0 Å². The summed E-state index contributed by atoms with van der Waals surface area (Å²) in [6.07, 6.45) is 3.39. The molecule has 1 saturated carbocycles. The summed E-state index contributed by atoms with van der Waals surface area (Å²) in [7, 11) is 0. The van der Waals surface area contributed by atoms with E-state index in [-0.39, 0.29) is 36.2 Å². The molecule has 6 heteroatoms. The molecule has 2 amide bonds. The lowest BCUT2D eigenvalue weighted by atomic mass is 10.1. The lowest BCUT2D eigenvalue weighted by Gasteiger charge is -2.21. The molecule has 1 aliphatic carbocycles. The van der Waals surface area contributed by atoms with Gasteiger partial charge in [-0.1, -0.05) is 12.1 Å². The number of anilines is 1. The van der Waals surface area contributed by atoms with E-state index in [0.717, 1.165) is 37.1 Å². The minimum Gasteiger partial charge on any atom is -0.339 e. The molecule has 1 aromatic carbocycles. The van der Waals surface area contributed by atoms with Crippen molar-refractivity contribution >= 4 is 29.9 Å². The molecular weight excluding hydrogens is 326 g/mol. The lowest BCUT2D eigenvalue weighted by molar-refractivity contribution is -0.131. The number of nitrogens with one attached hydrogen (secondary N) is 1. The van der Waals surface area contributed by atoms with Crippen molar-refractivity contribution in [1.82, 2.24) is 4.90 Å². The van der Waals surface area contributed by atoms with E-state index in [4.69, 9.17) is 5.73 Å². The molecular formula is C18H26ClN3O2. The van der Waals surface area contributed by atoms with Gasteiger partial charge in [0.2, 0.25) is 11.8 Å². The predicted octanol–water partition coefficient (Wildman–Crippen LogP) is 2.20. The second-order valence-corrected chi connectivity index (χ2v) is 6.87. The zero-order valence-electron chi connectivity index (χ0n) is 14.0. The van der Waals surface area contributed by atoms with E-state index in [0.29, 0.717) is 18.9 Å². The number of nitrogens with two attached hydrogens (primary N) is 1. The second-order valence-electron chi connectivity index (χ2n) is 6.87. The highest BCUT2D eigenvalue weighted by Crippen LogP contribution is 2.30. The summed E-state index contributed by atoms with van der Waals surface area (Å²) in [5.74, 6) is 0.883. The van der Waals surface area contributed by atoms with Crippen LogP contribution in [-0.4, -0.2) is 35.8 Å². The topological polar surface area (TPSA) is 75.4 Å². The van der Waals surface area contributed by atoms with E-state index < -0.39 is 0 Å². The molecule has 5 nitrogen and oxygen atoms in total. The second kappa shape index (κ2) is 7.99. The third kappa shape index (κ3) is 4.48. The van der Waals surface area contributed by atoms with Gasteiger partial charge >= 0.3 is 0 Å². The van der Waals surface area contributed by atoms with E-state index in [9.17, 15) is 9.59 Å². The SMILES string of the molecule is CC1CC(CN)CN1C(=O)Cc1ccc(NC(=O)C2CC2)cc1.Cl. The molecule has 3 N–H and O–H groups in total. The monoisotopic (exact) mass is 351 g/mol. The number of amides is 2. The standard InChI is InChI=1S/C18H25N3O2.ClH/c1-12-8-14(10-19)11-21(12)17(22)9-13-2-6-16(7-3-13)20-18(23)15-4-5-15;/h2-3,6-7,12,14-15H,4-5,8-11,19H2,1H3,(H,20,23);1H. The van der Waals surface area contributed by atoms with Crippen LogP contribution in [0, 0.1) is 11.8 Å². The maximum atomic E-state index is 12.5. The van der Waals surface area contributed by atoms with Gasteiger partial charge in [0.15, 0.2) is 0 Å². The summed E-state index contributed by atoms with van der Waals surface area (Å²) in [5.41, 5.74) is 7.50. The quantitative estimate of drug-likeness (QED) is 0.853. The van der Waals surface area contributed by atoms with Crippen molar-refractivity contribution in [2.75, 3.05) is 18.4 Å². The van der Waals surface area contributed by atoms with Gasteiger partial charge in [-0.3, -0.25) is 9.59 Å². The van der Waals surface area contributed by atoms with Crippen molar-refractivity contribution in [2.45, 2.75) is 38.6 Å². The Morgan fingerprint density at radius 2 is 1.92 bits per heavy atom. The van der Waals surface area contributed by atoms with E-state index in [2.05, 4.69) is 12.2 Å². The molecule has 1 aromatic rings. The number of hydrogen-bond donors (Lipinski definition) is 2. The number of halogens is 1. The number of carbonyl (C=O) groups excluding carboxylic acids is 2. The van der Waals surface area contributed by atoms with Crippen LogP contribution in [0.2, 0.25) is 0 Å². The molecule has 1 heterocycles. The molecule has 1 saturated heterocycles. The van der Waals surface area contributed by atoms with Crippen molar-refractivity contribution in [3.05, 3.63) is 29.8 Å². The summed E-state index contributed by atoms with van der Waals surface area (Å²) in [4.78, 5) is 26.1. The van der Waals surface area contributed by atoms with Crippen LogP contribution in [0.4, 0.5) is 5.69 Å². The fourth-order valence-corrected chi connectivity index (χ4v) is 3.23. The summed E-state index contributed by atoms with van der Waals surface area (Å²) < 4.78 is 0. The number of hydrogen-bond acceptors (Lipinski definition) is 3. The number of nitrogens with zero attached hydrogens (tertiary/aromatic N) is 1. The average molecular weight is 352 g/mol. The average Bonchev–Trinajstić information content (AvgIpc) is 3.32. The molecule has 2 atom stereocenters. The highest BCUT2D eigenvalue weighted by Gasteiger charge is 2.31. The predicted molar refractivity (Wildman–Crippen MR) is 97.1 cm³/mol. The van der Waals surface area contributed by atoms with Gasteiger partial charge in [0, 0.05) is 24.2 Å². The highest BCUT2D eigenvalue weighted by atomic mass is 35.5. The molecule has 24 heavy (non-hydrogen) atoms. The van der Waals surface area contributed by atoms with Crippen LogP contribution < -0.4 is 11.1 Å². The first-order chi connectivity index (χ1) is 11.1. The normalized spacial score (nSPS) is 22.8. The maximum Gasteiger partial charge on any atom is 0.227 e. The number of likely N-dealkylation sites (tertiary alicyclic amines) is 1. The molecule has 0 aromatic heterocycles. The number of benzene rings is 1. The Bertz CT molecular complexity index is 586. The van der Waals surface area contributed by atoms with Crippen molar-refractivity contribution in [3.8, 4) is 0 Å². The van der Waals surface area contributed by atoms with Crippen molar-refractivity contribution in [1.29, 1.82) is 0 Å². The third-order valence-electron chi connectivity index (χ3n) is 4.84. The van der Waals surface area contributed by atoms with E-state index >= 15 is 0 Å². The third-order valence-corrected chi connectivity index (χ3v) is 4.84. The van der Waals surface area contributed by atoms with Gasteiger partial charge in [-0.25, -0.2) is 0 Å². The fraction of sp³-hybridized carbons (Fsp3) is 0.556. The van der Waals surface area contributed by atoms with Crippen LogP contribution in [-0.2, 0) is 16.0 Å². The van der Waals surface area contributed by atoms with Crippen LogP contribution >= 0.6 is 12.4 Å². The van der Waals surface area contributed by atoms with Gasteiger partial charge in [-0.15, -0.1) is 12.4 Å². The molecule has 1 aliphatic heterocycles. The Balaban J connectivity index is 0.00000208. The molecule has 132 valence electrons. The Labute approximate surface area is 149 Å². The van der Waals surface area contributed by atoms with Crippen LogP contribution in [0.25, 0.3) is 0 Å². The largest absolute Gasteiger partial charge is 0.339 e. The Morgan fingerprint density at radius 3 is 2.46 bits per heavy atom. The minimum absolute atomic E-state index is 0. The number of carbonyl (C=O) groups is 2. The zero-order chi connectivity index (χ0) is 16.4. The zero-order valence-corrected chi connectivity index (χ0v) is 14.8. The van der Waals surface area contributed by atoms with Gasteiger partial charge in [0.05, 0.1) is 6.42 Å². The van der Waals surface area contributed by atoms with Gasteiger partial charge in [0.25, 0.3) is 0 Å². The van der Waals surface area contributed by atoms with Crippen molar-refractivity contribution in [3.63, 3.8) is 0 Å².